The molecule has 0 spiro atoms. The van der Waals surface area contributed by atoms with E-state index in [1.807, 2.05) is 91.0 Å². The zero-order valence-corrected chi connectivity index (χ0v) is 14.6. The molecular formula is C22H18N4O. The molecule has 5 nitrogen and oxygen atoms in total. The van der Waals surface area contributed by atoms with Crippen molar-refractivity contribution >= 4 is 11.4 Å². The van der Waals surface area contributed by atoms with Gasteiger partial charge in [0, 0.05) is 6.42 Å². The predicted molar refractivity (Wildman–Crippen MR) is 106 cm³/mol. The van der Waals surface area contributed by atoms with Gasteiger partial charge in [0.05, 0.1) is 17.1 Å². The lowest BCUT2D eigenvalue weighted by Crippen LogP contribution is -2.13. The van der Waals surface area contributed by atoms with Crippen LogP contribution < -0.4 is 5.56 Å². The molecule has 1 heterocycles. The van der Waals surface area contributed by atoms with Gasteiger partial charge in [0.15, 0.2) is 5.69 Å². The van der Waals surface area contributed by atoms with E-state index < -0.39 is 0 Å². The maximum atomic E-state index is 13.0. The first-order valence-electron chi connectivity index (χ1n) is 8.71. The third kappa shape index (κ3) is 3.77. The largest absolute Gasteiger partial charge is 0.299 e. The van der Waals surface area contributed by atoms with Crippen LogP contribution in [0.5, 0.6) is 0 Å². The van der Waals surface area contributed by atoms with Crippen molar-refractivity contribution in [2.45, 2.75) is 6.42 Å². The summed E-state index contributed by atoms with van der Waals surface area (Å²) in [4.78, 5) is 13.0. The lowest BCUT2D eigenvalue weighted by Gasteiger charge is -2.01. The fraction of sp³-hybridized carbons (Fsp3) is 0.0455. The predicted octanol–water partition coefficient (Wildman–Crippen LogP) is 5.17. The molecule has 0 amide bonds. The Morgan fingerprint density at radius 1 is 0.741 bits per heavy atom. The summed E-state index contributed by atoms with van der Waals surface area (Å²) in [5, 5.41) is 11.7. The average Bonchev–Trinajstić information content (AvgIpc) is 3.04. The molecular weight excluding hydrogens is 336 g/mol. The molecule has 0 saturated carbocycles. The van der Waals surface area contributed by atoms with Crippen LogP contribution in [0.1, 0.15) is 11.3 Å². The van der Waals surface area contributed by atoms with Crippen molar-refractivity contribution in [1.29, 1.82) is 0 Å². The summed E-state index contributed by atoms with van der Waals surface area (Å²) in [7, 11) is 0. The third-order valence-corrected chi connectivity index (χ3v) is 4.20. The SMILES string of the molecule is O=c1c(N=Nc2ccccc2)c(Cc2ccccc2)[nH]n1-c1ccccc1. The summed E-state index contributed by atoms with van der Waals surface area (Å²) in [6.07, 6.45) is 0.569. The fourth-order valence-corrected chi connectivity index (χ4v) is 2.86. The molecule has 1 aromatic heterocycles. The Labute approximate surface area is 156 Å². The van der Waals surface area contributed by atoms with Gasteiger partial charge in [-0.3, -0.25) is 9.89 Å². The molecule has 0 radical (unpaired) electrons. The van der Waals surface area contributed by atoms with Crippen molar-refractivity contribution in [2.75, 3.05) is 0 Å². The van der Waals surface area contributed by atoms with Crippen LogP contribution in [-0.4, -0.2) is 9.78 Å². The molecule has 0 aliphatic heterocycles. The van der Waals surface area contributed by atoms with Crippen molar-refractivity contribution in [3.8, 4) is 5.69 Å². The second kappa shape index (κ2) is 7.66. The van der Waals surface area contributed by atoms with Crippen LogP contribution in [0.4, 0.5) is 11.4 Å². The molecule has 0 fully saturated rings. The lowest BCUT2D eigenvalue weighted by atomic mass is 10.1. The molecule has 1 N–H and O–H groups in total. The number of benzene rings is 3. The second-order valence-electron chi connectivity index (χ2n) is 6.11. The minimum atomic E-state index is -0.216. The summed E-state index contributed by atoms with van der Waals surface area (Å²) in [6.45, 7) is 0. The van der Waals surface area contributed by atoms with Crippen molar-refractivity contribution < 1.29 is 0 Å². The summed E-state index contributed by atoms with van der Waals surface area (Å²) >= 11 is 0. The van der Waals surface area contributed by atoms with Crippen molar-refractivity contribution in [1.82, 2.24) is 9.78 Å². The Bertz CT molecular complexity index is 1100. The molecule has 0 aliphatic carbocycles. The highest BCUT2D eigenvalue weighted by Gasteiger charge is 2.15. The Balaban J connectivity index is 1.78. The van der Waals surface area contributed by atoms with Crippen molar-refractivity contribution in [3.05, 3.63) is 113 Å². The number of aromatic nitrogens is 2. The standard InChI is InChI=1S/C22H18N4O/c27-22-21(24-23-18-12-6-2-7-13-18)20(16-17-10-4-1-5-11-17)25-26(22)19-14-8-3-9-15-19/h1-15,25H,16H2. The Kier molecular flexibility index (Phi) is 4.74. The minimum absolute atomic E-state index is 0.216. The van der Waals surface area contributed by atoms with Crippen LogP contribution in [-0.2, 0) is 6.42 Å². The van der Waals surface area contributed by atoms with Gasteiger partial charge in [0.2, 0.25) is 0 Å². The van der Waals surface area contributed by atoms with Crippen LogP contribution in [0.25, 0.3) is 5.69 Å². The third-order valence-electron chi connectivity index (χ3n) is 4.20. The quantitative estimate of drug-likeness (QED) is 0.494. The number of nitrogens with one attached hydrogen (secondary N) is 1. The van der Waals surface area contributed by atoms with Gasteiger partial charge < -0.3 is 0 Å². The number of hydrogen-bond donors (Lipinski definition) is 1. The molecule has 132 valence electrons. The first-order chi connectivity index (χ1) is 13.3. The van der Waals surface area contributed by atoms with Crippen LogP contribution in [0.15, 0.2) is 106 Å². The number of aromatic amines is 1. The zero-order chi connectivity index (χ0) is 18.5. The Hall–Kier alpha value is -3.73. The first-order valence-corrected chi connectivity index (χ1v) is 8.71. The monoisotopic (exact) mass is 354 g/mol. The van der Waals surface area contributed by atoms with Gasteiger partial charge in [-0.15, -0.1) is 5.11 Å². The van der Waals surface area contributed by atoms with Crippen LogP contribution in [0, 0.1) is 0 Å². The fourth-order valence-electron chi connectivity index (χ4n) is 2.86. The number of azo groups is 1. The number of para-hydroxylation sites is 1. The number of nitrogens with zero attached hydrogens (tertiary/aromatic N) is 3. The maximum Gasteiger partial charge on any atom is 0.299 e. The minimum Gasteiger partial charge on any atom is -0.292 e. The molecule has 0 aliphatic rings. The van der Waals surface area contributed by atoms with Crippen LogP contribution in [0.2, 0.25) is 0 Å². The molecule has 0 saturated heterocycles. The van der Waals surface area contributed by atoms with E-state index in [0.717, 1.165) is 16.9 Å². The summed E-state index contributed by atoms with van der Waals surface area (Å²) in [5.41, 5.74) is 3.40. The topological polar surface area (TPSA) is 62.5 Å². The van der Waals surface area contributed by atoms with E-state index in [9.17, 15) is 4.79 Å². The Morgan fingerprint density at radius 3 is 2.00 bits per heavy atom. The first kappa shape index (κ1) is 16.7. The highest BCUT2D eigenvalue weighted by molar-refractivity contribution is 5.46. The van der Waals surface area contributed by atoms with Crippen LogP contribution >= 0.6 is 0 Å². The molecule has 27 heavy (non-hydrogen) atoms. The van der Waals surface area contributed by atoms with Crippen molar-refractivity contribution in [2.24, 2.45) is 10.2 Å². The van der Waals surface area contributed by atoms with Gasteiger partial charge >= 0.3 is 0 Å². The van der Waals surface area contributed by atoms with E-state index in [4.69, 9.17) is 0 Å². The van der Waals surface area contributed by atoms with Gasteiger partial charge in [-0.2, -0.15) is 5.11 Å². The summed E-state index contributed by atoms with van der Waals surface area (Å²) in [5.74, 6) is 0. The molecule has 0 unspecified atom stereocenters. The van der Waals surface area contributed by atoms with E-state index >= 15 is 0 Å². The lowest BCUT2D eigenvalue weighted by molar-refractivity contribution is 0.824. The Morgan fingerprint density at radius 2 is 1.33 bits per heavy atom. The summed E-state index contributed by atoms with van der Waals surface area (Å²) < 4.78 is 1.51. The molecule has 0 bridgehead atoms. The van der Waals surface area contributed by atoms with Gasteiger partial charge in [0.1, 0.15) is 0 Å². The number of hydrogen-bond acceptors (Lipinski definition) is 3. The molecule has 0 atom stereocenters. The number of H-pyrrole nitrogens is 1. The second-order valence-corrected chi connectivity index (χ2v) is 6.11. The molecule has 4 aromatic rings. The normalized spacial score (nSPS) is 11.1. The van der Waals surface area contributed by atoms with Gasteiger partial charge in [-0.25, -0.2) is 4.68 Å². The van der Waals surface area contributed by atoms with E-state index in [-0.39, 0.29) is 5.56 Å². The van der Waals surface area contributed by atoms with E-state index in [0.29, 0.717) is 17.8 Å². The van der Waals surface area contributed by atoms with E-state index in [1.165, 1.54) is 4.68 Å². The molecule has 4 rings (SSSR count). The van der Waals surface area contributed by atoms with Gasteiger partial charge in [0.25, 0.3) is 5.56 Å². The summed E-state index contributed by atoms with van der Waals surface area (Å²) in [6, 6.07) is 28.8. The van der Waals surface area contributed by atoms with Crippen molar-refractivity contribution in [3.63, 3.8) is 0 Å². The molecule has 3 aromatic carbocycles. The number of rotatable bonds is 5. The highest BCUT2D eigenvalue weighted by atomic mass is 16.1. The van der Waals surface area contributed by atoms with Gasteiger partial charge in [-0.1, -0.05) is 66.7 Å². The maximum absolute atomic E-state index is 13.0. The smallest absolute Gasteiger partial charge is 0.292 e. The highest BCUT2D eigenvalue weighted by Crippen LogP contribution is 2.21. The van der Waals surface area contributed by atoms with Crippen LogP contribution in [0.3, 0.4) is 0 Å². The van der Waals surface area contributed by atoms with E-state index in [1.54, 1.807) is 0 Å². The van der Waals surface area contributed by atoms with Gasteiger partial charge in [-0.05, 0) is 29.8 Å². The average molecular weight is 354 g/mol. The van der Waals surface area contributed by atoms with E-state index in [2.05, 4.69) is 15.3 Å². The zero-order valence-electron chi connectivity index (χ0n) is 14.6. The molecule has 5 heteroatoms.